The molecule has 1 amide bonds. The number of nitrogens with two attached hydrogens (primary N) is 1. The smallest absolute Gasteiger partial charge is 0.221 e. The zero-order valence-corrected chi connectivity index (χ0v) is 8.66. The van der Waals surface area contributed by atoms with Crippen molar-refractivity contribution in [2.45, 2.75) is 6.42 Å². The second-order valence-corrected chi connectivity index (χ2v) is 3.33. The highest BCUT2D eigenvalue weighted by atomic mass is 35.5. The molecule has 15 heavy (non-hydrogen) atoms. The van der Waals surface area contributed by atoms with E-state index >= 15 is 0 Å². The molecule has 76 valence electrons. The lowest BCUT2D eigenvalue weighted by Gasteiger charge is -1.97. The molecule has 1 aromatic carbocycles. The van der Waals surface area contributed by atoms with Crippen LogP contribution in [0.2, 0.25) is 5.02 Å². The van der Waals surface area contributed by atoms with E-state index in [-0.39, 0.29) is 6.42 Å². The number of hydrogen-bond donors (Lipinski definition) is 1. The van der Waals surface area contributed by atoms with Crippen LogP contribution in [0.3, 0.4) is 0 Å². The largest absolute Gasteiger partial charge is 0.369 e. The third-order valence-electron chi connectivity index (χ3n) is 1.75. The first-order valence-corrected chi connectivity index (χ1v) is 4.66. The topological polar surface area (TPSA) is 66.9 Å². The van der Waals surface area contributed by atoms with Gasteiger partial charge in [0.1, 0.15) is 0 Å². The average molecular weight is 221 g/mol. The molecule has 0 fully saturated rings. The number of carbonyl (C=O) groups excluding carboxylic acids is 1. The maximum Gasteiger partial charge on any atom is 0.221 e. The molecule has 0 heterocycles. The van der Waals surface area contributed by atoms with Gasteiger partial charge < -0.3 is 5.73 Å². The first-order chi connectivity index (χ1) is 7.13. The highest BCUT2D eigenvalue weighted by Gasteiger charge is 1.98. The number of nitrogens with zero attached hydrogens (tertiary/aromatic N) is 1. The standard InChI is InChI=1S/C11H9ClN2O/c12-10-6-8(7-13)4-5-9(10)2-1-3-11(14)15/h1-2,4-6H,3H2,(H2,14,15). The van der Waals surface area contributed by atoms with Gasteiger partial charge in [-0.25, -0.2) is 0 Å². The van der Waals surface area contributed by atoms with Gasteiger partial charge in [0.05, 0.1) is 11.6 Å². The quantitative estimate of drug-likeness (QED) is 0.848. The monoisotopic (exact) mass is 220 g/mol. The predicted octanol–water partition coefficient (Wildman–Crippen LogP) is 2.10. The fourth-order valence-electron chi connectivity index (χ4n) is 1.03. The molecule has 4 heteroatoms. The van der Waals surface area contributed by atoms with Crippen LogP contribution < -0.4 is 5.73 Å². The van der Waals surface area contributed by atoms with Crippen LogP contribution in [0.4, 0.5) is 0 Å². The van der Waals surface area contributed by atoms with Gasteiger partial charge in [0, 0.05) is 11.4 Å². The van der Waals surface area contributed by atoms with E-state index in [4.69, 9.17) is 22.6 Å². The van der Waals surface area contributed by atoms with Crippen molar-refractivity contribution in [3.63, 3.8) is 0 Å². The first-order valence-electron chi connectivity index (χ1n) is 4.28. The average Bonchev–Trinajstić information content (AvgIpc) is 2.20. The van der Waals surface area contributed by atoms with Crippen molar-refractivity contribution in [2.75, 3.05) is 0 Å². The lowest BCUT2D eigenvalue weighted by molar-refractivity contribution is -0.117. The maximum absolute atomic E-state index is 10.5. The van der Waals surface area contributed by atoms with Crippen molar-refractivity contribution in [1.29, 1.82) is 5.26 Å². The van der Waals surface area contributed by atoms with E-state index < -0.39 is 5.91 Å². The number of nitriles is 1. The van der Waals surface area contributed by atoms with Crippen molar-refractivity contribution in [3.05, 3.63) is 40.4 Å². The van der Waals surface area contributed by atoms with Crippen molar-refractivity contribution in [1.82, 2.24) is 0 Å². The van der Waals surface area contributed by atoms with Crippen molar-refractivity contribution >= 4 is 23.6 Å². The molecule has 0 bridgehead atoms. The zero-order chi connectivity index (χ0) is 11.3. The fourth-order valence-corrected chi connectivity index (χ4v) is 1.28. The van der Waals surface area contributed by atoms with Gasteiger partial charge >= 0.3 is 0 Å². The molecule has 0 aromatic heterocycles. The molecule has 0 saturated heterocycles. The summed E-state index contributed by atoms with van der Waals surface area (Å²) in [6.45, 7) is 0. The summed E-state index contributed by atoms with van der Waals surface area (Å²) in [7, 11) is 0. The summed E-state index contributed by atoms with van der Waals surface area (Å²) in [6, 6.07) is 6.94. The second-order valence-electron chi connectivity index (χ2n) is 2.92. The van der Waals surface area contributed by atoms with Gasteiger partial charge in [-0.1, -0.05) is 29.8 Å². The molecule has 0 spiro atoms. The predicted molar refractivity (Wildman–Crippen MR) is 59.0 cm³/mol. The van der Waals surface area contributed by atoms with Crippen LogP contribution in [0.25, 0.3) is 6.08 Å². The molecule has 0 aliphatic rings. The third-order valence-corrected chi connectivity index (χ3v) is 2.07. The van der Waals surface area contributed by atoms with Gasteiger partial charge in [-0.05, 0) is 17.7 Å². The van der Waals surface area contributed by atoms with Gasteiger partial charge in [0.15, 0.2) is 0 Å². The van der Waals surface area contributed by atoms with E-state index in [0.29, 0.717) is 10.6 Å². The fraction of sp³-hybridized carbons (Fsp3) is 0.0909. The Balaban J connectivity index is 2.83. The van der Waals surface area contributed by atoms with Crippen molar-refractivity contribution in [2.24, 2.45) is 5.73 Å². The van der Waals surface area contributed by atoms with Gasteiger partial charge in [-0.2, -0.15) is 5.26 Å². The SMILES string of the molecule is N#Cc1ccc(C=CCC(N)=O)c(Cl)c1. The minimum absolute atomic E-state index is 0.177. The molecule has 1 rings (SSSR count). The van der Waals surface area contributed by atoms with Gasteiger partial charge in [-0.3, -0.25) is 4.79 Å². The summed E-state index contributed by atoms with van der Waals surface area (Å²) in [5.74, 6) is -0.393. The van der Waals surface area contributed by atoms with Gasteiger partial charge in [0.25, 0.3) is 0 Å². The second kappa shape index (κ2) is 5.18. The Morgan fingerprint density at radius 1 is 1.60 bits per heavy atom. The molecule has 0 atom stereocenters. The summed E-state index contributed by atoms with van der Waals surface area (Å²) in [6.07, 6.45) is 3.51. The molecular formula is C11H9ClN2O. The number of benzene rings is 1. The van der Waals surface area contributed by atoms with E-state index in [9.17, 15) is 4.79 Å². The summed E-state index contributed by atoms with van der Waals surface area (Å²) < 4.78 is 0. The number of halogens is 1. The van der Waals surface area contributed by atoms with Crippen molar-refractivity contribution in [3.8, 4) is 6.07 Å². The lowest BCUT2D eigenvalue weighted by Crippen LogP contribution is -2.07. The summed E-state index contributed by atoms with van der Waals surface area (Å²) in [5, 5.41) is 9.10. The highest BCUT2D eigenvalue weighted by Crippen LogP contribution is 2.18. The van der Waals surface area contributed by atoms with Gasteiger partial charge in [-0.15, -0.1) is 0 Å². The van der Waals surface area contributed by atoms with E-state index in [0.717, 1.165) is 5.56 Å². The number of rotatable bonds is 3. The van der Waals surface area contributed by atoms with Crippen LogP contribution in [0.5, 0.6) is 0 Å². The number of carbonyl (C=O) groups is 1. The van der Waals surface area contributed by atoms with Crippen LogP contribution in [-0.2, 0) is 4.79 Å². The molecule has 0 unspecified atom stereocenters. The van der Waals surface area contributed by atoms with Crippen LogP contribution >= 0.6 is 11.6 Å². The molecule has 0 aliphatic carbocycles. The third kappa shape index (κ3) is 3.45. The Morgan fingerprint density at radius 2 is 2.33 bits per heavy atom. The Hall–Kier alpha value is -1.79. The Labute approximate surface area is 92.8 Å². The van der Waals surface area contributed by atoms with Crippen LogP contribution in [0.1, 0.15) is 17.5 Å². The molecule has 2 N–H and O–H groups in total. The van der Waals surface area contributed by atoms with Crippen LogP contribution in [0.15, 0.2) is 24.3 Å². The lowest BCUT2D eigenvalue weighted by atomic mass is 10.1. The summed E-state index contributed by atoms with van der Waals surface area (Å²) in [5.41, 5.74) is 6.24. The van der Waals surface area contributed by atoms with Gasteiger partial charge in [0.2, 0.25) is 5.91 Å². The van der Waals surface area contributed by atoms with E-state index in [2.05, 4.69) is 0 Å². The van der Waals surface area contributed by atoms with E-state index in [1.165, 1.54) is 0 Å². The Kier molecular flexibility index (Phi) is 3.90. The van der Waals surface area contributed by atoms with Crippen molar-refractivity contribution < 1.29 is 4.79 Å². The zero-order valence-electron chi connectivity index (χ0n) is 7.90. The summed E-state index contributed by atoms with van der Waals surface area (Å²) >= 11 is 5.90. The van der Waals surface area contributed by atoms with Crippen LogP contribution in [-0.4, -0.2) is 5.91 Å². The van der Waals surface area contributed by atoms with Crippen LogP contribution in [0, 0.1) is 11.3 Å². The maximum atomic E-state index is 10.5. The van der Waals surface area contributed by atoms with E-state index in [1.54, 1.807) is 30.4 Å². The number of amides is 1. The normalized spacial score (nSPS) is 10.1. The number of primary amides is 1. The molecule has 3 nitrogen and oxygen atoms in total. The molecule has 0 saturated carbocycles. The minimum Gasteiger partial charge on any atom is -0.369 e. The highest BCUT2D eigenvalue weighted by molar-refractivity contribution is 6.32. The minimum atomic E-state index is -0.393. The summed E-state index contributed by atoms with van der Waals surface area (Å²) in [4.78, 5) is 10.5. The molecule has 0 aliphatic heterocycles. The molecular weight excluding hydrogens is 212 g/mol. The molecule has 1 aromatic rings. The Bertz CT molecular complexity index is 446. The Morgan fingerprint density at radius 3 is 2.87 bits per heavy atom. The first kappa shape index (κ1) is 11.3. The van der Waals surface area contributed by atoms with E-state index in [1.807, 2.05) is 6.07 Å². The molecule has 0 radical (unpaired) electrons. The number of hydrogen-bond acceptors (Lipinski definition) is 2.